The smallest absolute Gasteiger partial charge is 0.307 e. The Morgan fingerprint density at radius 3 is 2.43 bits per heavy atom. The molecule has 2 N–H and O–H groups in total. The molecule has 0 atom stereocenters. The topological polar surface area (TPSA) is 93.4 Å². The molecule has 1 amide bonds. The van der Waals surface area contributed by atoms with E-state index in [2.05, 4.69) is 5.32 Å². The van der Waals surface area contributed by atoms with Gasteiger partial charge in [0.25, 0.3) is 5.91 Å². The Labute approximate surface area is 135 Å². The first-order valence-corrected chi connectivity index (χ1v) is 7.57. The van der Waals surface area contributed by atoms with E-state index < -0.39 is 5.97 Å². The van der Waals surface area contributed by atoms with Gasteiger partial charge in [-0.15, -0.1) is 0 Å². The summed E-state index contributed by atoms with van der Waals surface area (Å²) >= 11 is 0. The van der Waals surface area contributed by atoms with E-state index in [0.29, 0.717) is 24.3 Å². The van der Waals surface area contributed by atoms with Crippen LogP contribution in [0.2, 0.25) is 0 Å². The van der Waals surface area contributed by atoms with Crippen molar-refractivity contribution in [2.75, 3.05) is 18.4 Å². The Balaban J connectivity index is 2.00. The van der Waals surface area contributed by atoms with E-state index in [9.17, 15) is 14.9 Å². The normalized spacial score (nSPS) is 14.9. The second-order valence-electron chi connectivity index (χ2n) is 5.43. The lowest BCUT2D eigenvalue weighted by Gasteiger charge is -2.26. The maximum absolute atomic E-state index is 12.3. The first-order chi connectivity index (χ1) is 11.1. The second kappa shape index (κ2) is 7.99. The molecule has 2 rings (SSSR count). The molecule has 0 unspecified atom stereocenters. The largest absolute Gasteiger partial charge is 0.481 e. The van der Waals surface area contributed by atoms with E-state index in [0.717, 1.165) is 19.3 Å². The number of carbonyl (C=O) groups is 2. The van der Waals surface area contributed by atoms with Crippen molar-refractivity contribution in [1.82, 2.24) is 4.90 Å². The minimum Gasteiger partial charge on any atom is -0.481 e. The number of nitriles is 1. The first kappa shape index (κ1) is 16.6. The van der Waals surface area contributed by atoms with Gasteiger partial charge < -0.3 is 15.3 Å². The van der Waals surface area contributed by atoms with E-state index >= 15 is 0 Å². The van der Waals surface area contributed by atoms with Crippen LogP contribution in [-0.2, 0) is 16.0 Å². The summed E-state index contributed by atoms with van der Waals surface area (Å²) < 4.78 is 0. The lowest BCUT2D eigenvalue weighted by atomic mass is 10.1. The maximum atomic E-state index is 12.3. The number of likely N-dealkylation sites (tertiary alicyclic amines) is 1. The number of aliphatic carboxylic acids is 1. The zero-order valence-electron chi connectivity index (χ0n) is 12.8. The zero-order chi connectivity index (χ0) is 16.7. The van der Waals surface area contributed by atoms with Crippen molar-refractivity contribution in [3.8, 4) is 6.07 Å². The first-order valence-electron chi connectivity index (χ1n) is 7.57. The van der Waals surface area contributed by atoms with E-state index in [1.165, 1.54) is 6.20 Å². The highest BCUT2D eigenvalue weighted by Crippen LogP contribution is 2.14. The van der Waals surface area contributed by atoms with Gasteiger partial charge in [0.15, 0.2) is 0 Å². The summed E-state index contributed by atoms with van der Waals surface area (Å²) in [5.74, 6) is -1.13. The van der Waals surface area contributed by atoms with Crippen molar-refractivity contribution in [3.05, 3.63) is 41.6 Å². The lowest BCUT2D eigenvalue weighted by molar-refractivity contribution is -0.136. The molecule has 1 heterocycles. The predicted molar refractivity (Wildman–Crippen MR) is 85.5 cm³/mol. The molecular formula is C17H19N3O3. The number of benzene rings is 1. The number of carbonyl (C=O) groups excluding carboxylic acids is 1. The fourth-order valence-corrected chi connectivity index (χ4v) is 2.46. The summed E-state index contributed by atoms with van der Waals surface area (Å²) in [5, 5.41) is 20.8. The zero-order valence-corrected chi connectivity index (χ0v) is 12.8. The molecule has 1 aromatic rings. The van der Waals surface area contributed by atoms with Crippen LogP contribution in [0.4, 0.5) is 5.69 Å². The second-order valence-corrected chi connectivity index (χ2v) is 5.43. The van der Waals surface area contributed by atoms with Crippen LogP contribution in [0.5, 0.6) is 0 Å². The van der Waals surface area contributed by atoms with Crippen molar-refractivity contribution in [1.29, 1.82) is 5.26 Å². The summed E-state index contributed by atoms with van der Waals surface area (Å²) in [7, 11) is 0. The molecule has 23 heavy (non-hydrogen) atoms. The summed E-state index contributed by atoms with van der Waals surface area (Å²) in [6, 6.07) is 8.77. The fourth-order valence-electron chi connectivity index (χ4n) is 2.46. The number of piperidine rings is 1. The highest BCUT2D eigenvalue weighted by molar-refractivity contribution is 5.97. The molecule has 0 aliphatic carbocycles. The van der Waals surface area contributed by atoms with Crippen molar-refractivity contribution >= 4 is 17.6 Å². The van der Waals surface area contributed by atoms with Crippen LogP contribution >= 0.6 is 0 Å². The quantitative estimate of drug-likeness (QED) is 0.641. The van der Waals surface area contributed by atoms with Gasteiger partial charge in [0, 0.05) is 25.0 Å². The minimum absolute atomic E-state index is 0.0347. The molecule has 0 aromatic heterocycles. The number of rotatable bonds is 5. The Hall–Kier alpha value is -2.81. The van der Waals surface area contributed by atoms with Crippen LogP contribution in [0.15, 0.2) is 36.0 Å². The summed E-state index contributed by atoms with van der Waals surface area (Å²) in [4.78, 5) is 24.6. The monoisotopic (exact) mass is 313 g/mol. The van der Waals surface area contributed by atoms with Gasteiger partial charge in [0.2, 0.25) is 0 Å². The highest BCUT2D eigenvalue weighted by Gasteiger charge is 2.20. The Morgan fingerprint density at radius 2 is 1.87 bits per heavy atom. The average Bonchev–Trinajstić information content (AvgIpc) is 2.57. The molecular weight excluding hydrogens is 294 g/mol. The molecule has 6 heteroatoms. The van der Waals surface area contributed by atoms with Gasteiger partial charge in [-0.3, -0.25) is 9.59 Å². The van der Waals surface area contributed by atoms with Gasteiger partial charge in [0.1, 0.15) is 11.6 Å². The molecule has 0 radical (unpaired) electrons. The van der Waals surface area contributed by atoms with E-state index in [1.54, 1.807) is 29.2 Å². The van der Waals surface area contributed by atoms with Crippen molar-refractivity contribution in [2.45, 2.75) is 25.7 Å². The Morgan fingerprint density at radius 1 is 1.22 bits per heavy atom. The summed E-state index contributed by atoms with van der Waals surface area (Å²) in [6.07, 6.45) is 4.44. The van der Waals surface area contributed by atoms with Crippen LogP contribution in [0.1, 0.15) is 24.8 Å². The Bertz CT molecular complexity index is 638. The molecule has 1 aliphatic heterocycles. The fraction of sp³-hybridized carbons (Fsp3) is 0.353. The molecule has 120 valence electrons. The molecule has 1 saturated heterocycles. The van der Waals surface area contributed by atoms with Crippen molar-refractivity contribution in [3.63, 3.8) is 0 Å². The molecule has 6 nitrogen and oxygen atoms in total. The van der Waals surface area contributed by atoms with Gasteiger partial charge >= 0.3 is 5.97 Å². The van der Waals surface area contributed by atoms with Crippen molar-refractivity contribution in [2.24, 2.45) is 0 Å². The summed E-state index contributed by atoms with van der Waals surface area (Å²) in [6.45, 7) is 1.39. The van der Waals surface area contributed by atoms with Gasteiger partial charge in [-0.25, -0.2) is 0 Å². The maximum Gasteiger partial charge on any atom is 0.307 e. The lowest BCUT2D eigenvalue weighted by Crippen LogP contribution is -2.36. The number of hydrogen-bond acceptors (Lipinski definition) is 4. The van der Waals surface area contributed by atoms with Gasteiger partial charge in [0.05, 0.1) is 6.42 Å². The average molecular weight is 313 g/mol. The standard InChI is InChI=1S/C17H19N3O3/c18-11-14(17(23)20-8-2-1-3-9-20)12-19-15-6-4-13(5-7-15)10-16(21)22/h4-7,12,19H,1-3,8-10H2,(H,21,22)/b14-12-. The van der Waals surface area contributed by atoms with Gasteiger partial charge in [-0.05, 0) is 37.0 Å². The SMILES string of the molecule is N#C/C(=C/Nc1ccc(CC(=O)O)cc1)C(=O)N1CCCCC1. The summed E-state index contributed by atoms with van der Waals surface area (Å²) in [5.41, 5.74) is 1.46. The number of carboxylic acid groups (broad SMARTS) is 1. The van der Waals surface area contributed by atoms with Crippen LogP contribution in [0.3, 0.4) is 0 Å². The number of amides is 1. The van der Waals surface area contributed by atoms with Crippen molar-refractivity contribution < 1.29 is 14.7 Å². The molecule has 0 spiro atoms. The van der Waals surface area contributed by atoms with Crippen LogP contribution in [0.25, 0.3) is 0 Å². The van der Waals surface area contributed by atoms with Crippen LogP contribution < -0.4 is 5.32 Å². The third kappa shape index (κ3) is 4.85. The van der Waals surface area contributed by atoms with E-state index in [4.69, 9.17) is 5.11 Å². The molecule has 0 saturated carbocycles. The third-order valence-corrected chi connectivity index (χ3v) is 3.69. The van der Waals surface area contributed by atoms with E-state index in [-0.39, 0.29) is 17.9 Å². The van der Waals surface area contributed by atoms with Gasteiger partial charge in [-0.2, -0.15) is 5.26 Å². The number of hydrogen-bond donors (Lipinski definition) is 2. The number of nitrogens with one attached hydrogen (secondary N) is 1. The van der Waals surface area contributed by atoms with Crippen LogP contribution in [-0.4, -0.2) is 35.0 Å². The molecule has 0 bridgehead atoms. The predicted octanol–water partition coefficient (Wildman–Crippen LogP) is 2.15. The molecule has 1 fully saturated rings. The van der Waals surface area contributed by atoms with Crippen LogP contribution in [0, 0.1) is 11.3 Å². The van der Waals surface area contributed by atoms with E-state index in [1.807, 2.05) is 6.07 Å². The molecule has 1 aliphatic rings. The van der Waals surface area contributed by atoms with Gasteiger partial charge in [-0.1, -0.05) is 12.1 Å². The number of nitrogens with zero attached hydrogens (tertiary/aromatic N) is 2. The number of carboxylic acids is 1. The molecule has 1 aromatic carbocycles. The highest BCUT2D eigenvalue weighted by atomic mass is 16.4. The third-order valence-electron chi connectivity index (χ3n) is 3.69. The Kier molecular flexibility index (Phi) is 5.75. The minimum atomic E-state index is -0.885. The number of anilines is 1.